The van der Waals surface area contributed by atoms with Crippen LogP contribution in [0.1, 0.15) is 5.56 Å². The molecule has 21 heavy (non-hydrogen) atoms. The molecule has 0 spiro atoms. The summed E-state index contributed by atoms with van der Waals surface area (Å²) in [4.78, 5) is 1.15. The number of rotatable bonds is 7. The molecule has 0 saturated carbocycles. The Hall–Kier alpha value is -1.58. The van der Waals surface area contributed by atoms with E-state index >= 15 is 0 Å². The van der Waals surface area contributed by atoms with Crippen LogP contribution in [-0.2, 0) is 6.54 Å². The van der Waals surface area contributed by atoms with Crippen LogP contribution in [0.15, 0.2) is 65.7 Å². The molecule has 0 fully saturated rings. The summed E-state index contributed by atoms with van der Waals surface area (Å²) in [6.07, 6.45) is 0. The van der Waals surface area contributed by atoms with E-state index in [1.54, 1.807) is 18.9 Å². The van der Waals surface area contributed by atoms with Gasteiger partial charge in [-0.2, -0.15) is 0 Å². The van der Waals surface area contributed by atoms with Crippen LogP contribution in [0.5, 0.6) is 5.75 Å². The van der Waals surface area contributed by atoms with Gasteiger partial charge >= 0.3 is 0 Å². The third-order valence-corrected chi connectivity index (χ3v) is 4.23. The number of hydrogen-bond acceptors (Lipinski definition) is 3. The summed E-state index contributed by atoms with van der Waals surface area (Å²) in [5.41, 5.74) is 2.19. The number of methoxy groups -OCH3 is 1. The van der Waals surface area contributed by atoms with Crippen LogP contribution in [-0.4, -0.2) is 12.9 Å². The SMILES string of the molecule is C=C(CSc1cccc(Cl)c1)NCc1ccc(OC)cc1. The molecule has 0 bridgehead atoms. The molecule has 2 nitrogen and oxygen atoms in total. The molecule has 0 atom stereocenters. The van der Waals surface area contributed by atoms with Gasteiger partial charge in [-0.05, 0) is 35.9 Å². The molecular weight excluding hydrogens is 302 g/mol. The van der Waals surface area contributed by atoms with Crippen LogP contribution in [0.2, 0.25) is 5.02 Å². The van der Waals surface area contributed by atoms with E-state index in [0.717, 1.165) is 33.7 Å². The minimum absolute atomic E-state index is 0.761. The van der Waals surface area contributed by atoms with Crippen LogP contribution < -0.4 is 10.1 Å². The van der Waals surface area contributed by atoms with Crippen LogP contribution >= 0.6 is 23.4 Å². The average molecular weight is 320 g/mol. The molecule has 4 heteroatoms. The van der Waals surface area contributed by atoms with Gasteiger partial charge in [0.25, 0.3) is 0 Å². The van der Waals surface area contributed by atoms with E-state index in [2.05, 4.69) is 11.9 Å². The van der Waals surface area contributed by atoms with Gasteiger partial charge in [-0.25, -0.2) is 0 Å². The zero-order valence-electron chi connectivity index (χ0n) is 11.9. The van der Waals surface area contributed by atoms with Crippen molar-refractivity contribution in [2.75, 3.05) is 12.9 Å². The van der Waals surface area contributed by atoms with Crippen molar-refractivity contribution in [3.8, 4) is 5.75 Å². The van der Waals surface area contributed by atoms with Gasteiger partial charge in [0.05, 0.1) is 7.11 Å². The Morgan fingerprint density at radius 2 is 2.00 bits per heavy atom. The lowest BCUT2D eigenvalue weighted by Gasteiger charge is -2.10. The van der Waals surface area contributed by atoms with Crippen molar-refractivity contribution in [2.24, 2.45) is 0 Å². The normalized spacial score (nSPS) is 10.2. The molecule has 2 aromatic rings. The van der Waals surface area contributed by atoms with Crippen molar-refractivity contribution in [1.82, 2.24) is 5.32 Å². The first-order valence-electron chi connectivity index (χ1n) is 6.60. The lowest BCUT2D eigenvalue weighted by Crippen LogP contribution is -2.13. The third kappa shape index (κ3) is 5.37. The Kier molecular flexibility index (Phi) is 6.03. The van der Waals surface area contributed by atoms with Crippen molar-refractivity contribution < 1.29 is 4.74 Å². The van der Waals surface area contributed by atoms with Gasteiger partial charge in [0.1, 0.15) is 5.75 Å². The Bertz CT molecular complexity index is 598. The number of ether oxygens (including phenoxy) is 1. The first-order chi connectivity index (χ1) is 10.2. The predicted molar refractivity (Wildman–Crippen MR) is 91.1 cm³/mol. The van der Waals surface area contributed by atoms with Crippen molar-refractivity contribution in [3.63, 3.8) is 0 Å². The monoisotopic (exact) mass is 319 g/mol. The summed E-state index contributed by atoms with van der Waals surface area (Å²) in [5, 5.41) is 4.09. The van der Waals surface area contributed by atoms with Gasteiger partial charge in [0.2, 0.25) is 0 Å². The standard InChI is InChI=1S/C17H18ClNOS/c1-13(12-21-17-5-3-4-15(18)10-17)19-11-14-6-8-16(20-2)9-7-14/h3-10,19H,1,11-12H2,2H3. The minimum atomic E-state index is 0.761. The highest BCUT2D eigenvalue weighted by Crippen LogP contribution is 2.22. The summed E-state index contributed by atoms with van der Waals surface area (Å²) >= 11 is 7.68. The Morgan fingerprint density at radius 3 is 2.67 bits per heavy atom. The molecule has 0 aliphatic carbocycles. The minimum Gasteiger partial charge on any atom is -0.497 e. The summed E-state index contributed by atoms with van der Waals surface area (Å²) in [6, 6.07) is 15.9. The van der Waals surface area contributed by atoms with Crippen molar-refractivity contribution in [2.45, 2.75) is 11.4 Å². The molecule has 0 saturated heterocycles. The van der Waals surface area contributed by atoms with E-state index < -0.39 is 0 Å². The summed E-state index contributed by atoms with van der Waals surface area (Å²) in [5.74, 6) is 1.69. The molecule has 0 radical (unpaired) electrons. The second kappa shape index (κ2) is 8.01. The van der Waals surface area contributed by atoms with Gasteiger partial charge in [0.15, 0.2) is 0 Å². The first-order valence-corrected chi connectivity index (χ1v) is 7.96. The Morgan fingerprint density at radius 1 is 1.24 bits per heavy atom. The fourth-order valence-corrected chi connectivity index (χ4v) is 2.83. The lowest BCUT2D eigenvalue weighted by molar-refractivity contribution is 0.414. The Balaban J connectivity index is 1.76. The summed E-state index contributed by atoms with van der Waals surface area (Å²) in [7, 11) is 1.67. The number of hydrogen-bond donors (Lipinski definition) is 1. The average Bonchev–Trinajstić information content (AvgIpc) is 2.51. The maximum absolute atomic E-state index is 5.96. The molecule has 0 unspecified atom stereocenters. The molecule has 0 aromatic heterocycles. The molecule has 1 N–H and O–H groups in total. The molecule has 2 rings (SSSR count). The zero-order chi connectivity index (χ0) is 15.1. The predicted octanol–water partition coefficient (Wildman–Crippen LogP) is 4.74. The second-order valence-corrected chi connectivity index (χ2v) is 6.04. The van der Waals surface area contributed by atoms with Crippen LogP contribution in [0.4, 0.5) is 0 Å². The van der Waals surface area contributed by atoms with E-state index in [0.29, 0.717) is 0 Å². The zero-order valence-corrected chi connectivity index (χ0v) is 13.5. The summed E-state index contributed by atoms with van der Waals surface area (Å²) < 4.78 is 5.14. The topological polar surface area (TPSA) is 21.3 Å². The fraction of sp³-hybridized carbons (Fsp3) is 0.176. The molecule has 0 aliphatic heterocycles. The number of halogens is 1. The number of nitrogens with one attached hydrogen (secondary N) is 1. The van der Waals surface area contributed by atoms with Crippen LogP contribution in [0.3, 0.4) is 0 Å². The molecule has 2 aromatic carbocycles. The van der Waals surface area contributed by atoms with Gasteiger partial charge in [-0.3, -0.25) is 0 Å². The van der Waals surface area contributed by atoms with Crippen molar-refractivity contribution in [3.05, 3.63) is 71.4 Å². The second-order valence-electron chi connectivity index (χ2n) is 4.55. The molecular formula is C17H18ClNOS. The molecule has 0 amide bonds. The van der Waals surface area contributed by atoms with E-state index in [1.807, 2.05) is 48.5 Å². The summed E-state index contributed by atoms with van der Waals surface area (Å²) in [6.45, 7) is 4.81. The van der Waals surface area contributed by atoms with Crippen LogP contribution in [0.25, 0.3) is 0 Å². The van der Waals surface area contributed by atoms with Gasteiger partial charge in [0, 0.05) is 27.9 Å². The van der Waals surface area contributed by atoms with E-state index in [1.165, 1.54) is 5.56 Å². The fourth-order valence-electron chi connectivity index (χ4n) is 1.75. The maximum Gasteiger partial charge on any atom is 0.118 e. The van der Waals surface area contributed by atoms with Gasteiger partial charge < -0.3 is 10.1 Å². The van der Waals surface area contributed by atoms with Gasteiger partial charge in [-0.15, -0.1) is 11.8 Å². The maximum atomic E-state index is 5.96. The van der Waals surface area contributed by atoms with E-state index in [-0.39, 0.29) is 0 Å². The van der Waals surface area contributed by atoms with E-state index in [4.69, 9.17) is 16.3 Å². The first kappa shape index (κ1) is 15.8. The molecule has 0 heterocycles. The highest BCUT2D eigenvalue weighted by Gasteiger charge is 1.99. The number of thioether (sulfide) groups is 1. The molecule has 110 valence electrons. The van der Waals surface area contributed by atoms with Gasteiger partial charge in [-0.1, -0.05) is 36.4 Å². The van der Waals surface area contributed by atoms with Crippen molar-refractivity contribution in [1.29, 1.82) is 0 Å². The van der Waals surface area contributed by atoms with Crippen molar-refractivity contribution >= 4 is 23.4 Å². The van der Waals surface area contributed by atoms with Crippen LogP contribution in [0, 0.1) is 0 Å². The highest BCUT2D eigenvalue weighted by atomic mass is 35.5. The quantitative estimate of drug-likeness (QED) is 0.744. The van der Waals surface area contributed by atoms with E-state index in [9.17, 15) is 0 Å². The number of benzene rings is 2. The Labute approximate surface area is 135 Å². The molecule has 0 aliphatic rings. The smallest absolute Gasteiger partial charge is 0.118 e. The highest BCUT2D eigenvalue weighted by molar-refractivity contribution is 7.99. The largest absolute Gasteiger partial charge is 0.497 e. The third-order valence-electron chi connectivity index (χ3n) is 2.91. The lowest BCUT2D eigenvalue weighted by atomic mass is 10.2.